The highest BCUT2D eigenvalue weighted by atomic mass is 16.3. The van der Waals surface area contributed by atoms with Crippen LogP contribution < -0.4 is 10.2 Å². The van der Waals surface area contributed by atoms with Gasteiger partial charge in [-0.1, -0.05) is 19.1 Å². The van der Waals surface area contributed by atoms with Gasteiger partial charge in [0.15, 0.2) is 0 Å². The molecule has 1 aromatic carbocycles. The van der Waals surface area contributed by atoms with Crippen molar-refractivity contribution in [2.45, 2.75) is 32.7 Å². The first-order chi connectivity index (χ1) is 11.1. The van der Waals surface area contributed by atoms with Crippen molar-refractivity contribution in [3.8, 4) is 0 Å². The predicted molar refractivity (Wildman–Crippen MR) is 90.5 cm³/mol. The van der Waals surface area contributed by atoms with Crippen LogP contribution in [0.4, 0.5) is 11.4 Å². The quantitative estimate of drug-likeness (QED) is 0.832. The van der Waals surface area contributed by atoms with E-state index in [1.54, 1.807) is 4.90 Å². The summed E-state index contributed by atoms with van der Waals surface area (Å²) in [4.78, 5) is 28.5. The lowest BCUT2D eigenvalue weighted by Gasteiger charge is -2.30. The Balaban J connectivity index is 2.25. The second kappa shape index (κ2) is 8.08. The average Bonchev–Trinajstić information content (AvgIpc) is 2.61. The maximum absolute atomic E-state index is 12.9. The van der Waals surface area contributed by atoms with Gasteiger partial charge < -0.3 is 15.3 Å². The number of benzene rings is 1. The standard InChI is InChI=1S/C17H25N3O3/c1-3-8-19(9-10-21)12-17(23)20-13(2)11-16(22)18-14-6-4-5-7-15(14)20/h4-7,13,21H,3,8-12H2,1-2H3,(H,18,22)/t13-/m0/s1. The molecule has 0 fully saturated rings. The van der Waals surface area contributed by atoms with Crippen molar-refractivity contribution in [1.82, 2.24) is 4.90 Å². The summed E-state index contributed by atoms with van der Waals surface area (Å²) in [5.41, 5.74) is 1.40. The number of carbonyl (C=O) groups is 2. The molecular weight excluding hydrogens is 294 g/mol. The first kappa shape index (κ1) is 17.4. The molecule has 1 aromatic rings. The number of fused-ring (bicyclic) bond motifs is 1. The molecule has 1 aliphatic heterocycles. The fraction of sp³-hybridized carbons (Fsp3) is 0.529. The van der Waals surface area contributed by atoms with E-state index < -0.39 is 0 Å². The summed E-state index contributed by atoms with van der Waals surface area (Å²) in [7, 11) is 0. The summed E-state index contributed by atoms with van der Waals surface area (Å²) in [5, 5.41) is 12.0. The summed E-state index contributed by atoms with van der Waals surface area (Å²) in [6.45, 7) is 5.42. The van der Waals surface area contributed by atoms with Crippen LogP contribution in [-0.2, 0) is 9.59 Å². The minimum absolute atomic E-state index is 0.0272. The van der Waals surface area contributed by atoms with Crippen molar-refractivity contribution in [1.29, 1.82) is 0 Å². The van der Waals surface area contributed by atoms with Gasteiger partial charge in [0, 0.05) is 19.0 Å². The number of aliphatic hydroxyl groups is 1. The molecule has 6 nitrogen and oxygen atoms in total. The zero-order valence-corrected chi connectivity index (χ0v) is 13.8. The molecular formula is C17H25N3O3. The molecule has 1 atom stereocenters. The van der Waals surface area contributed by atoms with Gasteiger partial charge in [-0.25, -0.2) is 0 Å². The monoisotopic (exact) mass is 319 g/mol. The molecule has 2 rings (SSSR count). The van der Waals surface area contributed by atoms with Gasteiger partial charge >= 0.3 is 0 Å². The van der Waals surface area contributed by atoms with E-state index in [-0.39, 0.29) is 37.4 Å². The molecule has 1 aliphatic rings. The third-order valence-corrected chi connectivity index (χ3v) is 3.94. The molecule has 0 aromatic heterocycles. The molecule has 0 saturated carbocycles. The Labute approximate surface area is 137 Å². The molecule has 1 heterocycles. The highest BCUT2D eigenvalue weighted by Crippen LogP contribution is 2.31. The number of anilines is 2. The van der Waals surface area contributed by atoms with Crippen molar-refractivity contribution < 1.29 is 14.7 Å². The third kappa shape index (κ3) is 4.30. The number of rotatable bonds is 6. The topological polar surface area (TPSA) is 72.9 Å². The summed E-state index contributed by atoms with van der Waals surface area (Å²) in [5.74, 6) is -0.135. The number of para-hydroxylation sites is 2. The van der Waals surface area contributed by atoms with Crippen molar-refractivity contribution in [3.63, 3.8) is 0 Å². The van der Waals surface area contributed by atoms with Crippen LogP contribution in [0.25, 0.3) is 0 Å². The minimum atomic E-state index is -0.205. The number of nitrogens with one attached hydrogen (secondary N) is 1. The van der Waals surface area contributed by atoms with Crippen molar-refractivity contribution in [2.75, 3.05) is 36.5 Å². The van der Waals surface area contributed by atoms with Gasteiger partial charge in [0.25, 0.3) is 0 Å². The molecule has 2 N–H and O–H groups in total. The molecule has 6 heteroatoms. The van der Waals surface area contributed by atoms with Crippen LogP contribution in [-0.4, -0.2) is 54.1 Å². The highest BCUT2D eigenvalue weighted by Gasteiger charge is 2.30. The van der Waals surface area contributed by atoms with Crippen LogP contribution in [0.5, 0.6) is 0 Å². The predicted octanol–water partition coefficient (Wildman–Crippen LogP) is 1.45. The molecule has 0 aliphatic carbocycles. The summed E-state index contributed by atoms with van der Waals surface area (Å²) in [6, 6.07) is 7.16. The van der Waals surface area contributed by atoms with Gasteiger partial charge in [-0.15, -0.1) is 0 Å². The first-order valence-corrected chi connectivity index (χ1v) is 8.11. The Bertz CT molecular complexity index is 556. The lowest BCUT2D eigenvalue weighted by molar-refractivity contribution is -0.120. The lowest BCUT2D eigenvalue weighted by Crippen LogP contribution is -2.45. The number of hydrogen-bond donors (Lipinski definition) is 2. The Kier molecular flexibility index (Phi) is 6.12. The van der Waals surface area contributed by atoms with E-state index in [0.717, 1.165) is 18.7 Å². The normalized spacial score (nSPS) is 17.7. The van der Waals surface area contributed by atoms with Crippen LogP contribution in [0.1, 0.15) is 26.7 Å². The maximum atomic E-state index is 12.9. The van der Waals surface area contributed by atoms with Crippen molar-refractivity contribution in [2.24, 2.45) is 0 Å². The van der Waals surface area contributed by atoms with E-state index in [9.17, 15) is 9.59 Å². The highest BCUT2D eigenvalue weighted by molar-refractivity contribution is 6.04. The fourth-order valence-electron chi connectivity index (χ4n) is 2.96. The molecule has 23 heavy (non-hydrogen) atoms. The molecule has 0 unspecified atom stereocenters. The number of aliphatic hydroxyl groups excluding tert-OH is 1. The van der Waals surface area contributed by atoms with Crippen molar-refractivity contribution >= 4 is 23.2 Å². The van der Waals surface area contributed by atoms with Gasteiger partial charge in [-0.3, -0.25) is 14.5 Å². The van der Waals surface area contributed by atoms with Gasteiger partial charge in [0.1, 0.15) is 0 Å². The van der Waals surface area contributed by atoms with E-state index in [4.69, 9.17) is 5.11 Å². The summed E-state index contributed by atoms with van der Waals surface area (Å²) < 4.78 is 0. The lowest BCUT2D eigenvalue weighted by atomic mass is 10.1. The van der Waals surface area contributed by atoms with E-state index in [0.29, 0.717) is 12.2 Å². The number of amides is 2. The average molecular weight is 319 g/mol. The van der Waals surface area contributed by atoms with Gasteiger partial charge in [0.2, 0.25) is 11.8 Å². The zero-order chi connectivity index (χ0) is 16.8. The molecule has 0 saturated heterocycles. The van der Waals surface area contributed by atoms with Crippen LogP contribution in [0.15, 0.2) is 24.3 Å². The van der Waals surface area contributed by atoms with E-state index in [1.165, 1.54) is 0 Å². The largest absolute Gasteiger partial charge is 0.395 e. The molecule has 126 valence electrons. The van der Waals surface area contributed by atoms with E-state index >= 15 is 0 Å². The van der Waals surface area contributed by atoms with E-state index in [1.807, 2.05) is 43.0 Å². The summed E-state index contributed by atoms with van der Waals surface area (Å²) in [6.07, 6.45) is 1.19. The van der Waals surface area contributed by atoms with Gasteiger partial charge in [-0.05, 0) is 32.0 Å². The van der Waals surface area contributed by atoms with Crippen LogP contribution >= 0.6 is 0 Å². The molecule has 2 amide bonds. The number of carbonyl (C=O) groups excluding carboxylic acids is 2. The number of hydrogen-bond acceptors (Lipinski definition) is 4. The molecule has 0 bridgehead atoms. The molecule has 0 radical (unpaired) electrons. The Morgan fingerprint density at radius 3 is 2.83 bits per heavy atom. The van der Waals surface area contributed by atoms with Crippen LogP contribution in [0.3, 0.4) is 0 Å². The smallest absolute Gasteiger partial charge is 0.241 e. The Hall–Kier alpha value is -1.92. The third-order valence-electron chi connectivity index (χ3n) is 3.94. The zero-order valence-electron chi connectivity index (χ0n) is 13.8. The second-order valence-corrected chi connectivity index (χ2v) is 5.88. The summed E-state index contributed by atoms with van der Waals surface area (Å²) >= 11 is 0. The first-order valence-electron chi connectivity index (χ1n) is 8.11. The SMILES string of the molecule is CCCN(CCO)CC(=O)N1c2ccccc2NC(=O)C[C@@H]1C. The van der Waals surface area contributed by atoms with Gasteiger partial charge in [-0.2, -0.15) is 0 Å². The van der Waals surface area contributed by atoms with E-state index in [2.05, 4.69) is 5.32 Å². The molecule has 0 spiro atoms. The Morgan fingerprint density at radius 2 is 2.13 bits per heavy atom. The van der Waals surface area contributed by atoms with Crippen LogP contribution in [0, 0.1) is 0 Å². The van der Waals surface area contributed by atoms with Crippen molar-refractivity contribution in [3.05, 3.63) is 24.3 Å². The van der Waals surface area contributed by atoms with Gasteiger partial charge in [0.05, 0.1) is 24.5 Å². The second-order valence-electron chi connectivity index (χ2n) is 5.88. The maximum Gasteiger partial charge on any atom is 0.241 e. The Morgan fingerprint density at radius 1 is 1.39 bits per heavy atom. The van der Waals surface area contributed by atoms with Crippen LogP contribution in [0.2, 0.25) is 0 Å². The minimum Gasteiger partial charge on any atom is -0.395 e. The number of nitrogens with zero attached hydrogens (tertiary/aromatic N) is 2. The fourth-order valence-corrected chi connectivity index (χ4v) is 2.96.